The average Bonchev–Trinajstić information content (AvgIpc) is 3.46. The van der Waals surface area contributed by atoms with E-state index in [1.165, 1.54) is 11.2 Å². The number of amides is 3. The van der Waals surface area contributed by atoms with Crippen LogP contribution in [0.2, 0.25) is 0 Å². The predicted octanol–water partition coefficient (Wildman–Crippen LogP) is 3.64. The molecule has 2 fully saturated rings. The maximum absolute atomic E-state index is 13.0. The van der Waals surface area contributed by atoms with E-state index in [9.17, 15) is 14.4 Å². The van der Waals surface area contributed by atoms with E-state index < -0.39 is 5.25 Å². The maximum atomic E-state index is 13.0. The highest BCUT2D eigenvalue weighted by atomic mass is 79.9. The highest BCUT2D eigenvalue weighted by Crippen LogP contribution is 2.31. The minimum Gasteiger partial charge on any atom is -0.467 e. The van der Waals surface area contributed by atoms with E-state index >= 15 is 0 Å². The molecule has 4 rings (SSSR count). The van der Waals surface area contributed by atoms with E-state index in [2.05, 4.69) is 36.8 Å². The van der Waals surface area contributed by atoms with Gasteiger partial charge in [0.2, 0.25) is 11.8 Å². The van der Waals surface area contributed by atoms with Crippen molar-refractivity contribution >= 4 is 73.2 Å². The summed E-state index contributed by atoms with van der Waals surface area (Å²) in [6.45, 7) is 0.175. The Kier molecular flexibility index (Phi) is 6.78. The lowest BCUT2D eigenvalue weighted by molar-refractivity contribution is -0.128. The van der Waals surface area contributed by atoms with Crippen molar-refractivity contribution in [3.63, 3.8) is 0 Å². The number of hydrogen-bond acceptors (Lipinski definition) is 8. The lowest BCUT2D eigenvalue weighted by atomic mass is 10.2. The fourth-order valence-electron chi connectivity index (χ4n) is 2.81. The van der Waals surface area contributed by atoms with Crippen LogP contribution in [-0.4, -0.2) is 44.0 Å². The summed E-state index contributed by atoms with van der Waals surface area (Å²) in [6.07, 6.45) is 1.50. The summed E-state index contributed by atoms with van der Waals surface area (Å²) in [4.78, 5) is 38.2. The van der Waals surface area contributed by atoms with Gasteiger partial charge in [0.1, 0.15) is 16.8 Å². The zero-order chi connectivity index (χ0) is 21.8. The van der Waals surface area contributed by atoms with Crippen LogP contribution in [0.15, 0.2) is 61.8 Å². The Morgan fingerprint density at radius 1 is 1.26 bits per heavy atom. The number of benzene rings is 1. The number of nitrogens with one attached hydrogen (secondary N) is 2. The SMILES string of the molecule is O=C(C[C@H]1S/C(=N\N=C2\CSC(=O)N2)N(Cc2ccco2)C1=O)Nc1ccc(Br)cc1. The fraction of sp³-hybridized carbons (Fsp3) is 0.211. The Hall–Kier alpha value is -2.57. The molecule has 1 aromatic heterocycles. The molecule has 2 aliphatic rings. The Morgan fingerprint density at radius 2 is 2.06 bits per heavy atom. The molecule has 31 heavy (non-hydrogen) atoms. The molecule has 160 valence electrons. The normalized spacial score (nSPS) is 21.2. The van der Waals surface area contributed by atoms with Gasteiger partial charge in [0.15, 0.2) is 5.17 Å². The second-order valence-electron chi connectivity index (χ2n) is 6.50. The molecule has 0 radical (unpaired) electrons. The van der Waals surface area contributed by atoms with Gasteiger partial charge in [-0.05, 0) is 36.4 Å². The lowest BCUT2D eigenvalue weighted by Gasteiger charge is -2.14. The van der Waals surface area contributed by atoms with Crippen LogP contribution < -0.4 is 10.6 Å². The molecule has 3 amide bonds. The average molecular weight is 522 g/mol. The van der Waals surface area contributed by atoms with Crippen molar-refractivity contribution in [3.8, 4) is 0 Å². The standard InChI is InChI=1S/C19H16BrN5O4S2/c20-11-3-5-12(6-4-11)21-16(26)8-14-17(27)25(9-13-2-1-7-29-13)18(31-14)24-23-15-10-30-19(28)22-15/h1-7,14H,8-10H2,(H,21,26)(H,22,23,28)/b24-18-/t14-/m1/s1. The van der Waals surface area contributed by atoms with Crippen molar-refractivity contribution in [2.24, 2.45) is 10.2 Å². The summed E-state index contributed by atoms with van der Waals surface area (Å²) in [5, 5.41) is 13.1. The third-order valence-corrected chi connectivity index (χ3v) is 6.73. The minimum atomic E-state index is -0.642. The number of halogens is 1. The third-order valence-electron chi connectivity index (χ3n) is 4.26. The number of carbonyl (C=O) groups excluding carboxylic acids is 3. The molecule has 9 nitrogen and oxygen atoms in total. The summed E-state index contributed by atoms with van der Waals surface area (Å²) < 4.78 is 6.25. The Labute approximate surface area is 194 Å². The van der Waals surface area contributed by atoms with E-state index in [0.29, 0.717) is 28.2 Å². The Morgan fingerprint density at radius 3 is 2.74 bits per heavy atom. The van der Waals surface area contributed by atoms with Crippen LogP contribution in [0.25, 0.3) is 0 Å². The molecule has 0 saturated carbocycles. The zero-order valence-electron chi connectivity index (χ0n) is 15.9. The van der Waals surface area contributed by atoms with Crippen LogP contribution in [0.3, 0.4) is 0 Å². The molecule has 1 atom stereocenters. The van der Waals surface area contributed by atoms with Crippen LogP contribution in [0.1, 0.15) is 12.2 Å². The molecular weight excluding hydrogens is 506 g/mol. The van der Waals surface area contributed by atoms with E-state index in [0.717, 1.165) is 28.0 Å². The summed E-state index contributed by atoms with van der Waals surface area (Å²) in [7, 11) is 0. The van der Waals surface area contributed by atoms with Gasteiger partial charge in [0, 0.05) is 16.6 Å². The highest BCUT2D eigenvalue weighted by molar-refractivity contribution is 9.10. The molecule has 12 heteroatoms. The molecule has 2 aromatic rings. The summed E-state index contributed by atoms with van der Waals surface area (Å²) >= 11 is 5.61. The quantitative estimate of drug-likeness (QED) is 0.560. The number of amidine groups is 2. The number of thioether (sulfide) groups is 2. The van der Waals surface area contributed by atoms with Gasteiger partial charge in [-0.15, -0.1) is 10.2 Å². The van der Waals surface area contributed by atoms with Gasteiger partial charge in [0.25, 0.3) is 5.24 Å². The highest BCUT2D eigenvalue weighted by Gasteiger charge is 2.40. The van der Waals surface area contributed by atoms with Gasteiger partial charge in [0.05, 0.1) is 18.6 Å². The van der Waals surface area contributed by atoms with Crippen LogP contribution in [0.4, 0.5) is 10.5 Å². The van der Waals surface area contributed by atoms with Crippen LogP contribution in [-0.2, 0) is 16.1 Å². The van der Waals surface area contributed by atoms with E-state index in [1.807, 2.05) is 12.1 Å². The number of rotatable bonds is 6. The molecule has 0 spiro atoms. The van der Waals surface area contributed by atoms with Crippen molar-refractivity contribution in [2.45, 2.75) is 18.2 Å². The summed E-state index contributed by atoms with van der Waals surface area (Å²) in [6, 6.07) is 10.7. The van der Waals surface area contributed by atoms with E-state index in [1.54, 1.807) is 24.3 Å². The minimum absolute atomic E-state index is 0.0175. The molecule has 1 aromatic carbocycles. The van der Waals surface area contributed by atoms with Crippen molar-refractivity contribution in [1.29, 1.82) is 0 Å². The number of anilines is 1. The molecule has 0 unspecified atom stereocenters. The van der Waals surface area contributed by atoms with Gasteiger partial charge < -0.3 is 15.1 Å². The Bertz CT molecular complexity index is 1060. The number of hydrogen-bond donors (Lipinski definition) is 2. The maximum Gasteiger partial charge on any atom is 0.284 e. The smallest absolute Gasteiger partial charge is 0.284 e. The molecule has 2 saturated heterocycles. The van der Waals surface area contributed by atoms with Crippen LogP contribution in [0, 0.1) is 0 Å². The monoisotopic (exact) mass is 521 g/mol. The lowest BCUT2D eigenvalue weighted by Crippen LogP contribution is -2.33. The summed E-state index contributed by atoms with van der Waals surface area (Å²) in [5.74, 6) is 0.865. The first kappa shape index (κ1) is 21.7. The number of carbonyl (C=O) groups is 3. The van der Waals surface area contributed by atoms with Crippen molar-refractivity contribution in [2.75, 3.05) is 11.1 Å². The van der Waals surface area contributed by atoms with Gasteiger partial charge in [-0.3, -0.25) is 19.3 Å². The largest absolute Gasteiger partial charge is 0.467 e. The van der Waals surface area contributed by atoms with Gasteiger partial charge in [-0.2, -0.15) is 0 Å². The first-order valence-electron chi connectivity index (χ1n) is 9.12. The van der Waals surface area contributed by atoms with Gasteiger partial charge in [-0.25, -0.2) is 0 Å². The summed E-state index contributed by atoms with van der Waals surface area (Å²) in [5.41, 5.74) is 0.644. The molecule has 0 bridgehead atoms. The Balaban J connectivity index is 1.48. The van der Waals surface area contributed by atoms with E-state index in [4.69, 9.17) is 4.42 Å². The van der Waals surface area contributed by atoms with Crippen molar-refractivity contribution in [3.05, 3.63) is 52.9 Å². The molecular formula is C19H16BrN5O4S2. The van der Waals surface area contributed by atoms with Gasteiger partial charge >= 0.3 is 0 Å². The van der Waals surface area contributed by atoms with Crippen LogP contribution in [0.5, 0.6) is 0 Å². The number of nitrogens with zero attached hydrogens (tertiary/aromatic N) is 3. The molecule has 3 heterocycles. The molecule has 0 aliphatic carbocycles. The van der Waals surface area contributed by atoms with Crippen molar-refractivity contribution in [1.82, 2.24) is 10.2 Å². The second kappa shape index (κ2) is 9.71. The van der Waals surface area contributed by atoms with Crippen molar-refractivity contribution < 1.29 is 18.8 Å². The first-order valence-corrected chi connectivity index (χ1v) is 11.8. The molecule has 2 aliphatic heterocycles. The number of furan rings is 1. The van der Waals surface area contributed by atoms with Crippen LogP contribution >= 0.6 is 39.5 Å². The fourth-order valence-corrected chi connectivity index (χ4v) is 4.75. The van der Waals surface area contributed by atoms with Gasteiger partial charge in [-0.1, -0.05) is 39.5 Å². The molecule has 2 N–H and O–H groups in total. The zero-order valence-corrected chi connectivity index (χ0v) is 19.1. The van der Waals surface area contributed by atoms with E-state index in [-0.39, 0.29) is 30.0 Å². The third kappa shape index (κ3) is 5.57. The second-order valence-corrected chi connectivity index (χ2v) is 9.53. The topological polar surface area (TPSA) is 116 Å². The first-order chi connectivity index (χ1) is 15.0. The predicted molar refractivity (Wildman–Crippen MR) is 124 cm³/mol.